The van der Waals surface area contributed by atoms with Crippen LogP contribution >= 0.6 is 23.0 Å². The molecule has 0 amide bonds. The van der Waals surface area contributed by atoms with Crippen molar-refractivity contribution in [3.05, 3.63) is 119 Å². The number of aryl methyl sites for hydroxylation is 4. The fraction of sp³-hybridized carbons (Fsp3) is 0.200. The molecule has 12 heteroatoms. The van der Waals surface area contributed by atoms with E-state index in [1.54, 1.807) is 0 Å². The number of hydrogen-bond acceptors (Lipinski definition) is 9. The average Bonchev–Trinajstić information content (AvgIpc) is 2.92. The summed E-state index contributed by atoms with van der Waals surface area (Å²) < 4.78 is 53.3. The van der Waals surface area contributed by atoms with Gasteiger partial charge in [0.05, 0.1) is 0 Å². The van der Waals surface area contributed by atoms with Crippen molar-refractivity contribution in [3.63, 3.8) is 0 Å². The van der Waals surface area contributed by atoms with Gasteiger partial charge in [-0.1, -0.05) is 53.0 Å². The second-order valence-corrected chi connectivity index (χ2v) is 16.3. The highest BCUT2D eigenvalue weighted by Gasteiger charge is 2.46. The Labute approximate surface area is 247 Å². The van der Waals surface area contributed by atoms with Gasteiger partial charge in [-0.05, 0) is 98.5 Å². The first-order valence-corrected chi connectivity index (χ1v) is 17.8. The van der Waals surface area contributed by atoms with Crippen molar-refractivity contribution in [1.29, 1.82) is 0 Å². The van der Waals surface area contributed by atoms with E-state index < -0.39 is 23.0 Å². The lowest BCUT2D eigenvalue weighted by Crippen LogP contribution is -2.08. The minimum atomic E-state index is -3.69. The van der Waals surface area contributed by atoms with Crippen molar-refractivity contribution in [2.45, 2.75) is 27.7 Å². The molecule has 220 valence electrons. The molecule has 42 heavy (non-hydrogen) atoms. The van der Waals surface area contributed by atoms with E-state index in [1.165, 1.54) is 14.2 Å². The minimum Gasteiger partial charge on any atom is -0.413 e. The van der Waals surface area contributed by atoms with Gasteiger partial charge in [0.1, 0.15) is 23.0 Å². The van der Waals surface area contributed by atoms with Crippen molar-refractivity contribution in [2.75, 3.05) is 14.2 Å². The topological polar surface area (TPSA) is 92.5 Å². The Kier molecular flexibility index (Phi) is 8.98. The lowest BCUT2D eigenvalue weighted by molar-refractivity contribution is 0.327. The van der Waals surface area contributed by atoms with Crippen LogP contribution in [0.25, 0.3) is 0 Å². The third kappa shape index (κ3) is 7.18. The number of nitrogens with zero attached hydrogens (tertiary/aromatic N) is 3. The highest BCUT2D eigenvalue weighted by Crippen LogP contribution is 2.78. The van der Waals surface area contributed by atoms with E-state index in [-0.39, 0.29) is 0 Å². The zero-order chi connectivity index (χ0) is 29.8. The first-order chi connectivity index (χ1) is 20.1. The van der Waals surface area contributed by atoms with E-state index in [4.69, 9.17) is 40.7 Å². The van der Waals surface area contributed by atoms with Crippen LogP contribution in [0.4, 0.5) is 0 Å². The molecule has 0 spiro atoms. The fourth-order valence-electron chi connectivity index (χ4n) is 4.12. The molecular formula is C30H34N3O6P3. The van der Waals surface area contributed by atoms with Crippen LogP contribution in [0.1, 0.15) is 22.3 Å². The molecule has 5 rings (SSSR count). The van der Waals surface area contributed by atoms with E-state index in [1.807, 2.05) is 125 Å². The molecular weight excluding hydrogens is 591 g/mol. The Bertz CT molecular complexity index is 1570. The van der Waals surface area contributed by atoms with Crippen LogP contribution in [0.15, 0.2) is 111 Å². The maximum Gasteiger partial charge on any atom is 0.459 e. The molecule has 1 aliphatic rings. The van der Waals surface area contributed by atoms with Gasteiger partial charge in [0.15, 0.2) is 0 Å². The number of hydrogen-bond donors (Lipinski definition) is 0. The maximum atomic E-state index is 6.64. The second kappa shape index (κ2) is 12.5. The number of benzene rings is 4. The molecule has 0 aromatic heterocycles. The van der Waals surface area contributed by atoms with Gasteiger partial charge in [0, 0.05) is 14.2 Å². The molecule has 0 fully saturated rings. The van der Waals surface area contributed by atoms with Crippen LogP contribution in [0.2, 0.25) is 0 Å². The first kappa shape index (κ1) is 30.2. The van der Waals surface area contributed by atoms with E-state index in [2.05, 4.69) is 0 Å². The second-order valence-electron chi connectivity index (χ2n) is 9.74. The molecule has 4 aromatic carbocycles. The summed E-state index contributed by atoms with van der Waals surface area (Å²) in [4.78, 5) is 0. The van der Waals surface area contributed by atoms with Crippen molar-refractivity contribution >= 4 is 23.0 Å². The van der Waals surface area contributed by atoms with Crippen LogP contribution in [0.3, 0.4) is 0 Å². The standard InChI is InChI=1S/C30H34N3O6P3/c1-23-11-7-15-27(19-23)36-41(37-28-16-8-12-24(2)20-28)31-40(34-5,35-6)32-42(33-41,38-29-17-9-13-25(3)21-29)39-30-18-10-14-26(4)22-30/h7-22H,1-6H3. The van der Waals surface area contributed by atoms with Gasteiger partial charge in [-0.15, -0.1) is 9.03 Å². The summed E-state index contributed by atoms with van der Waals surface area (Å²) in [5, 5.41) is 0. The van der Waals surface area contributed by atoms with Crippen LogP contribution < -0.4 is 18.1 Å². The Morgan fingerprint density at radius 3 is 0.929 bits per heavy atom. The van der Waals surface area contributed by atoms with Gasteiger partial charge in [-0.2, -0.15) is 0 Å². The third-order valence-electron chi connectivity index (χ3n) is 6.01. The summed E-state index contributed by atoms with van der Waals surface area (Å²) in [6.45, 7) is 7.91. The largest absolute Gasteiger partial charge is 0.459 e. The molecule has 1 aliphatic heterocycles. The monoisotopic (exact) mass is 625 g/mol. The predicted octanol–water partition coefficient (Wildman–Crippen LogP) is 10.7. The molecule has 0 aliphatic carbocycles. The Morgan fingerprint density at radius 2 is 0.667 bits per heavy atom. The highest BCUT2D eigenvalue weighted by molar-refractivity contribution is 7.78. The van der Waals surface area contributed by atoms with Crippen molar-refractivity contribution in [1.82, 2.24) is 0 Å². The van der Waals surface area contributed by atoms with Crippen molar-refractivity contribution in [3.8, 4) is 23.0 Å². The van der Waals surface area contributed by atoms with Crippen molar-refractivity contribution in [2.24, 2.45) is 13.5 Å². The summed E-state index contributed by atoms with van der Waals surface area (Å²) in [6, 6.07) is 30.4. The van der Waals surface area contributed by atoms with Crippen LogP contribution in [0, 0.1) is 27.7 Å². The molecule has 4 aromatic rings. The summed E-state index contributed by atoms with van der Waals surface area (Å²) in [5.74, 6) is 2.06. The Morgan fingerprint density at radius 1 is 0.405 bits per heavy atom. The predicted molar refractivity (Wildman–Crippen MR) is 169 cm³/mol. The molecule has 0 radical (unpaired) electrons. The number of rotatable bonds is 10. The molecule has 0 N–H and O–H groups in total. The molecule has 0 saturated carbocycles. The Balaban J connectivity index is 1.81. The van der Waals surface area contributed by atoms with Crippen LogP contribution in [-0.4, -0.2) is 14.2 Å². The molecule has 1 heterocycles. The van der Waals surface area contributed by atoms with E-state index in [9.17, 15) is 0 Å². The van der Waals surface area contributed by atoms with E-state index >= 15 is 0 Å². The molecule has 9 nitrogen and oxygen atoms in total. The van der Waals surface area contributed by atoms with E-state index in [0.717, 1.165) is 22.3 Å². The fourth-order valence-corrected chi connectivity index (χ4v) is 13.1. The van der Waals surface area contributed by atoms with Gasteiger partial charge in [0.2, 0.25) is 0 Å². The lowest BCUT2D eigenvalue weighted by Gasteiger charge is -2.32. The smallest absolute Gasteiger partial charge is 0.413 e. The van der Waals surface area contributed by atoms with Gasteiger partial charge in [-0.25, -0.2) is 0 Å². The van der Waals surface area contributed by atoms with Gasteiger partial charge >= 0.3 is 23.0 Å². The Hall–Kier alpha value is -3.31. The zero-order valence-electron chi connectivity index (χ0n) is 24.4. The SMILES string of the molecule is COP1(OC)=NP(Oc2cccc(C)c2)(Oc2cccc(C)c2)=NP(Oc2cccc(C)c2)(Oc2cccc(C)c2)=N1. The molecule has 0 atom stereocenters. The normalized spacial score (nSPS) is 16.2. The summed E-state index contributed by atoms with van der Waals surface area (Å²) in [6.07, 6.45) is 0. The minimum absolute atomic E-state index is 0.514. The first-order valence-electron chi connectivity index (χ1n) is 13.2. The van der Waals surface area contributed by atoms with Gasteiger partial charge < -0.3 is 27.1 Å². The summed E-state index contributed by atoms with van der Waals surface area (Å²) in [5.41, 5.74) is 3.98. The third-order valence-corrected chi connectivity index (χ3v) is 14.2. The van der Waals surface area contributed by atoms with Crippen LogP contribution in [0.5, 0.6) is 23.0 Å². The molecule has 0 saturated heterocycles. The van der Waals surface area contributed by atoms with Gasteiger partial charge in [0.25, 0.3) is 0 Å². The summed E-state index contributed by atoms with van der Waals surface area (Å²) in [7, 11) is -7.85. The molecule has 0 unspecified atom stereocenters. The molecule has 0 bridgehead atoms. The maximum absolute atomic E-state index is 6.64. The highest BCUT2D eigenvalue weighted by atomic mass is 31.3. The van der Waals surface area contributed by atoms with E-state index in [0.29, 0.717) is 23.0 Å². The quantitative estimate of drug-likeness (QED) is 0.163. The zero-order valence-corrected chi connectivity index (χ0v) is 27.1. The summed E-state index contributed by atoms with van der Waals surface area (Å²) >= 11 is 0. The van der Waals surface area contributed by atoms with Crippen LogP contribution in [-0.2, 0) is 9.05 Å². The van der Waals surface area contributed by atoms with Gasteiger partial charge in [-0.3, -0.25) is 0 Å². The van der Waals surface area contributed by atoms with Crippen molar-refractivity contribution < 1.29 is 27.1 Å². The lowest BCUT2D eigenvalue weighted by atomic mass is 10.2. The average molecular weight is 626 g/mol.